The largest absolute Gasteiger partial charge is 0.369 e. The van der Waals surface area contributed by atoms with Crippen LogP contribution in [-0.4, -0.2) is 32.0 Å². The number of imidazole rings is 1. The zero-order valence-electron chi connectivity index (χ0n) is 14.3. The summed E-state index contributed by atoms with van der Waals surface area (Å²) in [6.45, 7) is 2.17. The quantitative estimate of drug-likeness (QED) is 0.675. The lowest BCUT2D eigenvalue weighted by molar-refractivity contribution is -0.121. The van der Waals surface area contributed by atoms with Gasteiger partial charge in [0.2, 0.25) is 5.91 Å². The Balaban J connectivity index is 1.68. The summed E-state index contributed by atoms with van der Waals surface area (Å²) in [4.78, 5) is 24.6. The summed E-state index contributed by atoms with van der Waals surface area (Å²) in [6.07, 6.45) is 7.10. The van der Waals surface area contributed by atoms with Gasteiger partial charge < -0.3 is 11.1 Å². The Morgan fingerprint density at radius 1 is 1.31 bits per heavy atom. The van der Waals surface area contributed by atoms with Gasteiger partial charge in [-0.1, -0.05) is 12.1 Å². The van der Waals surface area contributed by atoms with E-state index in [0.29, 0.717) is 24.6 Å². The smallest absolute Gasteiger partial charge is 0.222 e. The van der Waals surface area contributed by atoms with E-state index < -0.39 is 11.8 Å². The Bertz CT molecular complexity index is 893. The first-order chi connectivity index (χ1) is 12.5. The molecule has 0 aliphatic heterocycles. The fourth-order valence-corrected chi connectivity index (χ4v) is 2.58. The van der Waals surface area contributed by atoms with Crippen molar-refractivity contribution in [1.29, 1.82) is 0 Å². The van der Waals surface area contributed by atoms with Crippen LogP contribution in [0.3, 0.4) is 0 Å². The second-order valence-electron chi connectivity index (χ2n) is 5.92. The van der Waals surface area contributed by atoms with Gasteiger partial charge in [0.15, 0.2) is 5.82 Å². The SMILES string of the molecule is Cc1nccn1-c1cncc(NCC(Cc2ccc(F)cc2)C(N)=O)n1. The molecule has 0 aliphatic carbocycles. The summed E-state index contributed by atoms with van der Waals surface area (Å²) < 4.78 is 14.8. The summed E-state index contributed by atoms with van der Waals surface area (Å²) in [6, 6.07) is 6.02. The monoisotopic (exact) mass is 354 g/mol. The molecule has 8 heteroatoms. The Kier molecular flexibility index (Phi) is 5.21. The number of hydrogen-bond donors (Lipinski definition) is 2. The number of primary amides is 1. The first kappa shape index (κ1) is 17.5. The van der Waals surface area contributed by atoms with Gasteiger partial charge in [-0.2, -0.15) is 0 Å². The molecule has 0 fully saturated rings. The van der Waals surface area contributed by atoms with E-state index in [2.05, 4.69) is 20.3 Å². The van der Waals surface area contributed by atoms with Crippen molar-refractivity contribution in [3.8, 4) is 5.82 Å². The Morgan fingerprint density at radius 3 is 2.73 bits per heavy atom. The van der Waals surface area contributed by atoms with Crippen molar-refractivity contribution >= 4 is 11.7 Å². The number of aryl methyl sites for hydroxylation is 1. The van der Waals surface area contributed by atoms with Crippen molar-refractivity contribution in [2.75, 3.05) is 11.9 Å². The molecule has 0 saturated carbocycles. The van der Waals surface area contributed by atoms with Crippen LogP contribution in [0.2, 0.25) is 0 Å². The molecule has 0 aliphatic rings. The van der Waals surface area contributed by atoms with Crippen molar-refractivity contribution < 1.29 is 9.18 Å². The Labute approximate surface area is 150 Å². The Hall–Kier alpha value is -3.29. The highest BCUT2D eigenvalue weighted by Crippen LogP contribution is 2.13. The molecule has 3 rings (SSSR count). The molecule has 0 radical (unpaired) electrons. The van der Waals surface area contributed by atoms with Gasteiger partial charge >= 0.3 is 0 Å². The molecule has 0 spiro atoms. The summed E-state index contributed by atoms with van der Waals surface area (Å²) in [5.41, 5.74) is 6.34. The zero-order chi connectivity index (χ0) is 18.5. The maximum absolute atomic E-state index is 13.0. The fourth-order valence-electron chi connectivity index (χ4n) is 2.58. The topological polar surface area (TPSA) is 98.7 Å². The first-order valence-corrected chi connectivity index (χ1v) is 8.13. The highest BCUT2D eigenvalue weighted by atomic mass is 19.1. The molecule has 7 nitrogen and oxygen atoms in total. The number of halogens is 1. The number of anilines is 1. The summed E-state index contributed by atoms with van der Waals surface area (Å²) in [5.74, 6) is 0.740. The number of nitrogens with two attached hydrogens (primary N) is 1. The van der Waals surface area contributed by atoms with Crippen LogP contribution in [0.1, 0.15) is 11.4 Å². The van der Waals surface area contributed by atoms with Crippen LogP contribution in [0, 0.1) is 18.7 Å². The number of benzene rings is 1. The van der Waals surface area contributed by atoms with Gasteiger partial charge in [0.25, 0.3) is 0 Å². The van der Waals surface area contributed by atoms with E-state index in [9.17, 15) is 9.18 Å². The molecular formula is C18H19FN6O. The van der Waals surface area contributed by atoms with Gasteiger partial charge in [0.05, 0.1) is 18.3 Å². The Morgan fingerprint density at radius 2 is 2.08 bits per heavy atom. The number of rotatable bonds is 7. The van der Waals surface area contributed by atoms with Crippen molar-refractivity contribution in [3.63, 3.8) is 0 Å². The second kappa shape index (κ2) is 7.73. The number of aromatic nitrogens is 4. The molecule has 1 aromatic carbocycles. The molecule has 0 saturated heterocycles. The number of carbonyl (C=O) groups is 1. The summed E-state index contributed by atoms with van der Waals surface area (Å²) in [5, 5.41) is 3.10. The predicted octanol–water partition coefficient (Wildman–Crippen LogP) is 1.87. The van der Waals surface area contributed by atoms with E-state index in [-0.39, 0.29) is 5.82 Å². The number of nitrogens with one attached hydrogen (secondary N) is 1. The van der Waals surface area contributed by atoms with Crippen molar-refractivity contribution in [2.45, 2.75) is 13.3 Å². The molecule has 1 amide bonds. The zero-order valence-corrected chi connectivity index (χ0v) is 14.3. The maximum atomic E-state index is 13.0. The van der Waals surface area contributed by atoms with Gasteiger partial charge in [-0.05, 0) is 31.0 Å². The van der Waals surface area contributed by atoms with E-state index in [1.165, 1.54) is 12.1 Å². The predicted molar refractivity (Wildman–Crippen MR) is 95.2 cm³/mol. The minimum Gasteiger partial charge on any atom is -0.369 e. The van der Waals surface area contributed by atoms with Gasteiger partial charge in [0.1, 0.15) is 17.5 Å². The minimum absolute atomic E-state index is 0.299. The van der Waals surface area contributed by atoms with Crippen LogP contribution < -0.4 is 11.1 Å². The highest BCUT2D eigenvalue weighted by molar-refractivity contribution is 5.77. The highest BCUT2D eigenvalue weighted by Gasteiger charge is 2.16. The van der Waals surface area contributed by atoms with E-state index in [0.717, 1.165) is 11.4 Å². The third-order valence-electron chi connectivity index (χ3n) is 4.02. The molecule has 1 atom stereocenters. The van der Waals surface area contributed by atoms with Crippen LogP contribution in [0.15, 0.2) is 49.1 Å². The third kappa shape index (κ3) is 4.21. The van der Waals surface area contributed by atoms with Crippen LogP contribution in [-0.2, 0) is 11.2 Å². The van der Waals surface area contributed by atoms with E-state index in [1.807, 2.05) is 11.5 Å². The first-order valence-electron chi connectivity index (χ1n) is 8.13. The van der Waals surface area contributed by atoms with E-state index in [4.69, 9.17) is 5.73 Å². The van der Waals surface area contributed by atoms with Gasteiger partial charge in [-0.25, -0.2) is 14.4 Å². The molecule has 2 aromatic heterocycles. The fraction of sp³-hybridized carbons (Fsp3) is 0.222. The second-order valence-corrected chi connectivity index (χ2v) is 5.92. The van der Waals surface area contributed by atoms with Crippen LogP contribution >= 0.6 is 0 Å². The van der Waals surface area contributed by atoms with Crippen LogP contribution in [0.25, 0.3) is 5.82 Å². The van der Waals surface area contributed by atoms with Crippen LogP contribution in [0.5, 0.6) is 0 Å². The van der Waals surface area contributed by atoms with E-state index in [1.54, 1.807) is 36.9 Å². The lowest BCUT2D eigenvalue weighted by Crippen LogP contribution is -2.31. The average Bonchev–Trinajstić information content (AvgIpc) is 3.06. The molecule has 0 bridgehead atoms. The molecule has 26 heavy (non-hydrogen) atoms. The summed E-state index contributed by atoms with van der Waals surface area (Å²) in [7, 11) is 0. The van der Waals surface area contributed by atoms with Crippen molar-refractivity contribution in [1.82, 2.24) is 19.5 Å². The summed E-state index contributed by atoms with van der Waals surface area (Å²) >= 11 is 0. The normalized spacial score (nSPS) is 11.9. The molecule has 3 aromatic rings. The lowest BCUT2D eigenvalue weighted by Gasteiger charge is -2.15. The number of nitrogens with zero attached hydrogens (tertiary/aromatic N) is 4. The van der Waals surface area contributed by atoms with E-state index >= 15 is 0 Å². The maximum Gasteiger partial charge on any atom is 0.222 e. The molecule has 1 unspecified atom stereocenters. The molecule has 3 N–H and O–H groups in total. The van der Waals surface area contributed by atoms with Gasteiger partial charge in [0, 0.05) is 18.9 Å². The number of carbonyl (C=O) groups excluding carboxylic acids is 1. The van der Waals surface area contributed by atoms with Crippen LogP contribution in [0.4, 0.5) is 10.2 Å². The standard InChI is InChI=1S/C18H19FN6O/c1-12-22-6-7-25(12)17-11-21-10-16(24-17)23-9-14(18(20)26)8-13-2-4-15(19)5-3-13/h2-7,10-11,14H,8-9H2,1H3,(H2,20,26)(H,23,24). The molecule has 2 heterocycles. The average molecular weight is 354 g/mol. The molecule has 134 valence electrons. The van der Waals surface area contributed by atoms with Gasteiger partial charge in [-0.15, -0.1) is 0 Å². The van der Waals surface area contributed by atoms with Crippen molar-refractivity contribution in [3.05, 3.63) is 66.3 Å². The number of hydrogen-bond acceptors (Lipinski definition) is 5. The molecular weight excluding hydrogens is 335 g/mol. The van der Waals surface area contributed by atoms with Gasteiger partial charge in [-0.3, -0.25) is 14.3 Å². The minimum atomic E-state index is -0.458. The number of amides is 1. The lowest BCUT2D eigenvalue weighted by atomic mass is 9.98. The van der Waals surface area contributed by atoms with Crippen molar-refractivity contribution in [2.24, 2.45) is 11.7 Å². The third-order valence-corrected chi connectivity index (χ3v) is 4.02.